The van der Waals surface area contributed by atoms with Crippen LogP contribution in [0.15, 0.2) is 23.0 Å². The van der Waals surface area contributed by atoms with Crippen LogP contribution in [-0.4, -0.2) is 55.6 Å². The number of nitrogens with one attached hydrogen (secondary N) is 2. The Morgan fingerprint density at radius 3 is 3.04 bits per heavy atom. The molecule has 0 unspecified atom stereocenters. The number of hydrogen-bond acceptors (Lipinski definition) is 7. The molecule has 0 bridgehead atoms. The van der Waals surface area contributed by atoms with Gasteiger partial charge in [-0.05, 0) is 31.9 Å². The largest absolute Gasteiger partial charge is 0.493 e. The summed E-state index contributed by atoms with van der Waals surface area (Å²) in [6.07, 6.45) is 1.43. The van der Waals surface area contributed by atoms with Crippen molar-refractivity contribution in [2.75, 3.05) is 18.1 Å². The van der Waals surface area contributed by atoms with E-state index in [-0.39, 0.29) is 11.2 Å². The quantitative estimate of drug-likeness (QED) is 0.608. The van der Waals surface area contributed by atoms with Gasteiger partial charge in [0.15, 0.2) is 5.52 Å². The van der Waals surface area contributed by atoms with Crippen molar-refractivity contribution in [1.82, 2.24) is 25.4 Å². The number of ether oxygens (including phenoxy) is 1. The van der Waals surface area contributed by atoms with E-state index in [1.165, 1.54) is 0 Å². The van der Waals surface area contributed by atoms with Crippen LogP contribution in [0.25, 0.3) is 22.6 Å². The average Bonchev–Trinajstić information content (AvgIpc) is 3.31. The summed E-state index contributed by atoms with van der Waals surface area (Å²) in [5.74, 6) is -0.0124. The van der Waals surface area contributed by atoms with Gasteiger partial charge in [0.05, 0.1) is 12.2 Å². The molecule has 1 fully saturated rings. The van der Waals surface area contributed by atoms with E-state index in [1.54, 1.807) is 12.1 Å². The molecule has 10 nitrogen and oxygen atoms in total. The first-order valence-corrected chi connectivity index (χ1v) is 8.66. The van der Waals surface area contributed by atoms with Gasteiger partial charge < -0.3 is 19.7 Å². The standard InChI is InChI=1S/C17H18N6O4/c1-2-27-12-8-9(23-7-3-4-11(23)17(25)26)5-6-10(12)14-18-15-13(16(24)19-14)20-22-21-15/h5-6,8,11H,2-4,7H2,1H3,(H,25,26)(H2,18,19,20,21,22,24)/t11-/m1/s1. The Bertz CT molecular complexity index is 1060. The van der Waals surface area contributed by atoms with Crippen LogP contribution in [0.2, 0.25) is 0 Å². The third-order valence-electron chi connectivity index (χ3n) is 4.58. The SMILES string of the molecule is CCOc1cc(N2CCC[C@@H]2C(=O)O)ccc1-c1nc2n[nH]nc2c(=O)[nH]1. The molecule has 0 aliphatic carbocycles. The lowest BCUT2D eigenvalue weighted by atomic mass is 10.1. The lowest BCUT2D eigenvalue weighted by molar-refractivity contribution is -0.138. The number of aromatic amines is 2. The summed E-state index contributed by atoms with van der Waals surface area (Å²) in [5.41, 5.74) is 1.30. The molecule has 1 aliphatic heterocycles. The molecule has 27 heavy (non-hydrogen) atoms. The molecule has 140 valence electrons. The highest BCUT2D eigenvalue weighted by atomic mass is 16.5. The zero-order chi connectivity index (χ0) is 19.0. The molecular weight excluding hydrogens is 352 g/mol. The summed E-state index contributed by atoms with van der Waals surface area (Å²) in [6, 6.07) is 4.82. The topological polar surface area (TPSA) is 137 Å². The first kappa shape index (κ1) is 17.0. The van der Waals surface area contributed by atoms with Gasteiger partial charge in [-0.1, -0.05) is 0 Å². The highest BCUT2D eigenvalue weighted by Crippen LogP contribution is 2.34. The van der Waals surface area contributed by atoms with E-state index in [0.717, 1.165) is 12.1 Å². The second-order valence-electron chi connectivity index (χ2n) is 6.21. The Hall–Kier alpha value is -3.43. The van der Waals surface area contributed by atoms with Crippen molar-refractivity contribution in [3.8, 4) is 17.1 Å². The normalized spacial score (nSPS) is 16.8. The van der Waals surface area contributed by atoms with Gasteiger partial charge in [-0.2, -0.15) is 5.21 Å². The van der Waals surface area contributed by atoms with E-state index in [0.29, 0.717) is 36.7 Å². The summed E-state index contributed by atoms with van der Waals surface area (Å²) >= 11 is 0. The number of fused-ring (bicyclic) bond motifs is 1. The lowest BCUT2D eigenvalue weighted by Gasteiger charge is -2.24. The molecule has 3 aromatic rings. The van der Waals surface area contributed by atoms with Gasteiger partial charge in [-0.15, -0.1) is 10.2 Å². The van der Waals surface area contributed by atoms with Crippen LogP contribution in [0.3, 0.4) is 0 Å². The summed E-state index contributed by atoms with van der Waals surface area (Å²) < 4.78 is 5.74. The minimum atomic E-state index is -0.836. The Balaban J connectivity index is 1.79. The molecule has 0 saturated carbocycles. The van der Waals surface area contributed by atoms with Crippen LogP contribution in [0.1, 0.15) is 19.8 Å². The second kappa shape index (κ2) is 6.71. The first-order valence-electron chi connectivity index (χ1n) is 8.66. The van der Waals surface area contributed by atoms with E-state index in [4.69, 9.17) is 4.74 Å². The number of carboxylic acid groups (broad SMARTS) is 1. The maximum absolute atomic E-state index is 12.2. The van der Waals surface area contributed by atoms with Crippen molar-refractivity contribution in [3.05, 3.63) is 28.6 Å². The number of nitrogens with zero attached hydrogens (tertiary/aromatic N) is 4. The molecule has 1 aromatic carbocycles. The molecule has 0 spiro atoms. The van der Waals surface area contributed by atoms with Crippen LogP contribution in [0.4, 0.5) is 5.69 Å². The molecule has 1 aliphatic rings. The van der Waals surface area contributed by atoms with Gasteiger partial charge in [-0.3, -0.25) is 4.79 Å². The number of aliphatic carboxylic acids is 1. The van der Waals surface area contributed by atoms with Gasteiger partial charge in [0, 0.05) is 18.3 Å². The van der Waals surface area contributed by atoms with Crippen molar-refractivity contribution >= 4 is 22.8 Å². The van der Waals surface area contributed by atoms with E-state index >= 15 is 0 Å². The highest BCUT2D eigenvalue weighted by Gasteiger charge is 2.31. The fourth-order valence-corrected chi connectivity index (χ4v) is 3.38. The van der Waals surface area contributed by atoms with Crippen molar-refractivity contribution < 1.29 is 14.6 Å². The van der Waals surface area contributed by atoms with E-state index in [1.807, 2.05) is 17.9 Å². The monoisotopic (exact) mass is 370 g/mol. The number of hydrogen-bond donors (Lipinski definition) is 3. The van der Waals surface area contributed by atoms with Crippen LogP contribution in [0, 0.1) is 0 Å². The molecule has 3 heterocycles. The Labute approximate surface area is 153 Å². The third kappa shape index (κ3) is 2.98. The summed E-state index contributed by atoms with van der Waals surface area (Å²) in [5, 5.41) is 19.4. The maximum atomic E-state index is 12.2. The molecule has 2 aromatic heterocycles. The number of aromatic nitrogens is 5. The van der Waals surface area contributed by atoms with Crippen molar-refractivity contribution in [3.63, 3.8) is 0 Å². The van der Waals surface area contributed by atoms with Crippen LogP contribution in [-0.2, 0) is 4.79 Å². The zero-order valence-electron chi connectivity index (χ0n) is 14.6. The molecular formula is C17H18N6O4. The Morgan fingerprint density at radius 1 is 1.41 bits per heavy atom. The van der Waals surface area contributed by atoms with Crippen molar-refractivity contribution in [2.24, 2.45) is 0 Å². The van der Waals surface area contributed by atoms with Gasteiger partial charge >= 0.3 is 5.97 Å². The third-order valence-corrected chi connectivity index (χ3v) is 4.58. The van der Waals surface area contributed by atoms with Crippen LogP contribution < -0.4 is 15.2 Å². The molecule has 1 atom stereocenters. The van der Waals surface area contributed by atoms with Crippen molar-refractivity contribution in [1.29, 1.82) is 0 Å². The average molecular weight is 370 g/mol. The molecule has 1 saturated heterocycles. The number of benzene rings is 1. The number of carbonyl (C=O) groups is 1. The predicted molar refractivity (Wildman–Crippen MR) is 96.9 cm³/mol. The van der Waals surface area contributed by atoms with Crippen molar-refractivity contribution in [2.45, 2.75) is 25.8 Å². The number of H-pyrrole nitrogens is 2. The van der Waals surface area contributed by atoms with Gasteiger partial charge in [0.1, 0.15) is 17.6 Å². The summed E-state index contributed by atoms with van der Waals surface area (Å²) in [4.78, 5) is 32.5. The zero-order valence-corrected chi connectivity index (χ0v) is 14.6. The van der Waals surface area contributed by atoms with E-state index in [2.05, 4.69) is 25.4 Å². The van der Waals surface area contributed by atoms with Gasteiger partial charge in [0.2, 0.25) is 5.65 Å². The smallest absolute Gasteiger partial charge is 0.326 e. The highest BCUT2D eigenvalue weighted by molar-refractivity contribution is 5.80. The van der Waals surface area contributed by atoms with Crippen LogP contribution >= 0.6 is 0 Å². The summed E-state index contributed by atoms with van der Waals surface area (Å²) in [6.45, 7) is 2.93. The number of anilines is 1. The lowest BCUT2D eigenvalue weighted by Crippen LogP contribution is -2.35. The molecule has 0 radical (unpaired) electrons. The Morgan fingerprint density at radius 2 is 2.26 bits per heavy atom. The maximum Gasteiger partial charge on any atom is 0.326 e. The van der Waals surface area contributed by atoms with Crippen LogP contribution in [0.5, 0.6) is 5.75 Å². The fourth-order valence-electron chi connectivity index (χ4n) is 3.38. The molecule has 0 amide bonds. The molecule has 4 rings (SSSR count). The van der Waals surface area contributed by atoms with Gasteiger partial charge in [-0.25, -0.2) is 9.78 Å². The first-order chi connectivity index (χ1) is 13.1. The van der Waals surface area contributed by atoms with E-state index in [9.17, 15) is 14.7 Å². The summed E-state index contributed by atoms with van der Waals surface area (Å²) in [7, 11) is 0. The minimum absolute atomic E-state index is 0.134. The minimum Gasteiger partial charge on any atom is -0.493 e. The second-order valence-corrected chi connectivity index (χ2v) is 6.21. The molecule has 3 N–H and O–H groups in total. The number of rotatable bonds is 5. The fraction of sp³-hybridized carbons (Fsp3) is 0.353. The predicted octanol–water partition coefficient (Wildman–Crippen LogP) is 1.16. The Kier molecular flexibility index (Phi) is 4.22. The van der Waals surface area contributed by atoms with E-state index < -0.39 is 17.6 Å². The van der Waals surface area contributed by atoms with Gasteiger partial charge in [0.25, 0.3) is 5.56 Å². The number of carboxylic acids is 1. The molecule has 10 heteroatoms.